The van der Waals surface area contributed by atoms with Crippen LogP contribution < -0.4 is 19.6 Å². The monoisotopic (exact) mass is 513 g/mol. The number of rotatable bonds is 9. The number of hydrazone groups is 1. The van der Waals surface area contributed by atoms with Gasteiger partial charge in [-0.25, -0.2) is 5.43 Å². The third-order valence-electron chi connectivity index (χ3n) is 3.64. The van der Waals surface area contributed by atoms with Gasteiger partial charge in [0.25, 0.3) is 11.6 Å². The first-order chi connectivity index (χ1) is 13.9. The zero-order valence-corrected chi connectivity index (χ0v) is 18.3. The molecule has 0 saturated carbocycles. The van der Waals surface area contributed by atoms with E-state index >= 15 is 0 Å². The number of non-ortho nitro benzene ring substituents is 1. The Morgan fingerprint density at radius 3 is 2.55 bits per heavy atom. The maximum Gasteiger partial charge on any atom is 0.275 e. The summed E-state index contributed by atoms with van der Waals surface area (Å²) in [5, 5.41) is 14.9. The van der Waals surface area contributed by atoms with Crippen LogP contribution in [0.3, 0.4) is 0 Å². The molecule has 0 fully saturated rings. The number of halogens is 1. The fourth-order valence-electron chi connectivity index (χ4n) is 2.42. The lowest BCUT2D eigenvalue weighted by atomic mass is 10.1. The average molecular weight is 513 g/mol. The van der Waals surface area contributed by atoms with Gasteiger partial charge in [-0.2, -0.15) is 5.10 Å². The van der Waals surface area contributed by atoms with Gasteiger partial charge in [0.05, 0.1) is 40.6 Å². The fraction of sp³-hybridized carbons (Fsp3) is 0.263. The SMILES string of the molecule is CCOc1cc(C=NNC(=O)c2cc([N+](=O)[O-])ccc2OC)cc(I)c1OCC. The lowest BCUT2D eigenvalue weighted by molar-refractivity contribution is -0.384. The number of benzene rings is 2. The Labute approximate surface area is 181 Å². The van der Waals surface area contributed by atoms with Gasteiger partial charge in [0.15, 0.2) is 11.5 Å². The number of carbonyl (C=O) groups excluding carboxylic acids is 1. The molecular weight excluding hydrogens is 493 g/mol. The van der Waals surface area contributed by atoms with Gasteiger partial charge in [-0.1, -0.05) is 0 Å². The van der Waals surface area contributed by atoms with E-state index in [4.69, 9.17) is 14.2 Å². The van der Waals surface area contributed by atoms with E-state index in [0.29, 0.717) is 30.3 Å². The van der Waals surface area contributed by atoms with E-state index in [2.05, 4.69) is 33.1 Å². The molecule has 29 heavy (non-hydrogen) atoms. The van der Waals surface area contributed by atoms with Gasteiger partial charge in [-0.05, 0) is 60.2 Å². The predicted molar refractivity (Wildman–Crippen MR) is 116 cm³/mol. The molecule has 0 aromatic heterocycles. The number of ether oxygens (including phenoxy) is 3. The van der Waals surface area contributed by atoms with E-state index in [9.17, 15) is 14.9 Å². The third-order valence-corrected chi connectivity index (χ3v) is 4.44. The van der Waals surface area contributed by atoms with Crippen molar-refractivity contribution in [3.8, 4) is 17.2 Å². The summed E-state index contributed by atoms with van der Waals surface area (Å²) in [6, 6.07) is 7.34. The van der Waals surface area contributed by atoms with Crippen LogP contribution in [-0.2, 0) is 0 Å². The molecule has 1 amide bonds. The second kappa shape index (κ2) is 10.6. The van der Waals surface area contributed by atoms with Crippen LogP contribution in [0.1, 0.15) is 29.8 Å². The van der Waals surface area contributed by atoms with E-state index < -0.39 is 10.8 Å². The molecule has 154 valence electrons. The Balaban J connectivity index is 2.22. The van der Waals surface area contributed by atoms with Crippen LogP contribution in [0.4, 0.5) is 5.69 Å². The predicted octanol–water partition coefficient (Wildman–Crippen LogP) is 3.77. The zero-order chi connectivity index (χ0) is 21.4. The van der Waals surface area contributed by atoms with Gasteiger partial charge < -0.3 is 14.2 Å². The highest BCUT2D eigenvalue weighted by Crippen LogP contribution is 2.33. The van der Waals surface area contributed by atoms with Gasteiger partial charge in [0, 0.05) is 12.1 Å². The molecule has 0 radical (unpaired) electrons. The summed E-state index contributed by atoms with van der Waals surface area (Å²) in [5.74, 6) is 0.803. The van der Waals surface area contributed by atoms with Gasteiger partial charge in [0.1, 0.15) is 5.75 Å². The van der Waals surface area contributed by atoms with Crippen LogP contribution in [0.2, 0.25) is 0 Å². The Morgan fingerprint density at radius 1 is 1.21 bits per heavy atom. The first kappa shape index (κ1) is 22.4. The second-order valence-electron chi connectivity index (χ2n) is 5.54. The van der Waals surface area contributed by atoms with Crippen molar-refractivity contribution in [3.05, 3.63) is 55.1 Å². The van der Waals surface area contributed by atoms with E-state index in [1.54, 1.807) is 6.07 Å². The summed E-state index contributed by atoms with van der Waals surface area (Å²) >= 11 is 2.13. The van der Waals surface area contributed by atoms with Gasteiger partial charge in [-0.15, -0.1) is 0 Å². The van der Waals surface area contributed by atoms with Crippen LogP contribution in [0, 0.1) is 13.7 Å². The average Bonchev–Trinajstić information content (AvgIpc) is 2.70. The number of hydrogen-bond donors (Lipinski definition) is 1. The Bertz CT molecular complexity index is 932. The molecule has 2 aromatic carbocycles. The van der Waals surface area contributed by atoms with Crippen molar-refractivity contribution in [2.45, 2.75) is 13.8 Å². The summed E-state index contributed by atoms with van der Waals surface area (Å²) in [6.07, 6.45) is 1.45. The fourth-order valence-corrected chi connectivity index (χ4v) is 3.20. The minimum atomic E-state index is -0.632. The number of carbonyl (C=O) groups is 1. The topological polar surface area (TPSA) is 112 Å². The van der Waals surface area contributed by atoms with Crippen molar-refractivity contribution in [1.29, 1.82) is 0 Å². The largest absolute Gasteiger partial charge is 0.496 e. The summed E-state index contributed by atoms with van der Waals surface area (Å²) in [7, 11) is 1.37. The Morgan fingerprint density at radius 2 is 1.93 bits per heavy atom. The van der Waals surface area contributed by atoms with E-state index in [-0.39, 0.29) is 17.0 Å². The van der Waals surface area contributed by atoms with Crippen LogP contribution >= 0.6 is 22.6 Å². The van der Waals surface area contributed by atoms with Crippen molar-refractivity contribution in [2.24, 2.45) is 5.10 Å². The van der Waals surface area contributed by atoms with Crippen LogP contribution in [-0.4, -0.2) is 37.4 Å². The van der Waals surface area contributed by atoms with Gasteiger partial charge >= 0.3 is 0 Å². The van der Waals surface area contributed by atoms with Crippen molar-refractivity contribution in [1.82, 2.24) is 5.43 Å². The van der Waals surface area contributed by atoms with Crippen LogP contribution in [0.5, 0.6) is 17.2 Å². The number of hydrogen-bond acceptors (Lipinski definition) is 7. The number of nitro groups is 1. The van der Waals surface area contributed by atoms with E-state index in [0.717, 1.165) is 9.64 Å². The number of amides is 1. The highest BCUT2D eigenvalue weighted by atomic mass is 127. The number of methoxy groups -OCH3 is 1. The molecule has 0 aliphatic rings. The molecule has 2 aromatic rings. The van der Waals surface area contributed by atoms with E-state index in [1.807, 2.05) is 19.9 Å². The molecule has 1 N–H and O–H groups in total. The Kier molecular flexibility index (Phi) is 8.19. The van der Waals surface area contributed by atoms with Crippen LogP contribution in [0.15, 0.2) is 35.4 Å². The molecule has 0 saturated heterocycles. The molecule has 2 rings (SSSR count). The molecular formula is C19H20IN3O6. The zero-order valence-electron chi connectivity index (χ0n) is 16.1. The summed E-state index contributed by atoms with van der Waals surface area (Å²) in [5.41, 5.74) is 2.83. The summed E-state index contributed by atoms with van der Waals surface area (Å²) < 4.78 is 17.2. The quantitative estimate of drug-likeness (QED) is 0.237. The molecule has 0 spiro atoms. The first-order valence-electron chi connectivity index (χ1n) is 8.66. The minimum Gasteiger partial charge on any atom is -0.496 e. The lowest BCUT2D eigenvalue weighted by Crippen LogP contribution is -2.18. The number of nitrogens with zero attached hydrogens (tertiary/aromatic N) is 2. The van der Waals surface area contributed by atoms with Crippen molar-refractivity contribution < 1.29 is 23.9 Å². The van der Waals surface area contributed by atoms with Gasteiger partial charge in [0.2, 0.25) is 0 Å². The van der Waals surface area contributed by atoms with Crippen LogP contribution in [0.25, 0.3) is 0 Å². The highest BCUT2D eigenvalue weighted by molar-refractivity contribution is 14.1. The molecule has 0 heterocycles. The summed E-state index contributed by atoms with van der Waals surface area (Å²) in [6.45, 7) is 4.74. The highest BCUT2D eigenvalue weighted by Gasteiger charge is 2.17. The normalized spacial score (nSPS) is 10.6. The van der Waals surface area contributed by atoms with Crippen molar-refractivity contribution >= 4 is 40.4 Å². The molecule has 0 aliphatic carbocycles. The maximum absolute atomic E-state index is 12.4. The number of nitrogens with one attached hydrogen (secondary N) is 1. The molecule has 9 nitrogen and oxygen atoms in total. The molecule has 0 aliphatic heterocycles. The molecule has 0 bridgehead atoms. The van der Waals surface area contributed by atoms with E-state index in [1.165, 1.54) is 25.5 Å². The third kappa shape index (κ3) is 5.79. The number of nitro benzene ring substituents is 1. The van der Waals surface area contributed by atoms with Crippen molar-refractivity contribution in [3.63, 3.8) is 0 Å². The standard InChI is InChI=1S/C19H20IN3O6/c1-4-28-17-9-12(8-15(20)18(17)29-5-2)11-21-22-19(24)14-10-13(23(25)26)6-7-16(14)27-3/h6-11H,4-5H2,1-3H3,(H,22,24). The van der Waals surface area contributed by atoms with Crippen molar-refractivity contribution in [2.75, 3.05) is 20.3 Å². The second-order valence-corrected chi connectivity index (χ2v) is 6.70. The molecule has 10 heteroatoms. The molecule has 0 atom stereocenters. The smallest absolute Gasteiger partial charge is 0.275 e. The molecule has 0 unspecified atom stereocenters. The summed E-state index contributed by atoms with van der Waals surface area (Å²) in [4.78, 5) is 22.8. The first-order valence-corrected chi connectivity index (χ1v) is 9.74. The Hall–Kier alpha value is -2.89. The minimum absolute atomic E-state index is 0.00938. The lowest BCUT2D eigenvalue weighted by Gasteiger charge is -2.13. The van der Waals surface area contributed by atoms with Gasteiger partial charge in [-0.3, -0.25) is 14.9 Å². The maximum atomic E-state index is 12.4.